The van der Waals surface area contributed by atoms with E-state index in [1.54, 1.807) is 0 Å². The van der Waals surface area contributed by atoms with Crippen LogP contribution in [0.25, 0.3) is 0 Å². The quantitative estimate of drug-likeness (QED) is 0.0649. The number of ether oxygens (including phenoxy) is 4. The minimum absolute atomic E-state index is 0.635. The van der Waals surface area contributed by atoms with Crippen molar-refractivity contribution >= 4 is 5.90 Å². The normalized spacial score (nSPS) is 12.7. The topological polar surface area (TPSA) is 49.3 Å². The molecule has 0 atom stereocenters. The fourth-order valence-corrected chi connectivity index (χ4v) is 6.87. The van der Waals surface area contributed by atoms with E-state index in [-0.39, 0.29) is 0 Å². The van der Waals surface area contributed by atoms with Crippen molar-refractivity contribution in [3.8, 4) is 17.2 Å². The second-order valence-corrected chi connectivity index (χ2v) is 14.9. The first kappa shape index (κ1) is 44.3. The van der Waals surface area contributed by atoms with Gasteiger partial charge in [0.15, 0.2) is 11.5 Å². The summed E-state index contributed by atoms with van der Waals surface area (Å²) in [4.78, 5) is 4.62. The van der Waals surface area contributed by atoms with E-state index in [9.17, 15) is 0 Å². The van der Waals surface area contributed by atoms with Crippen molar-refractivity contribution in [2.45, 2.75) is 213 Å². The highest BCUT2D eigenvalue weighted by atomic mass is 16.5. The number of rotatable bonds is 37. The standard InChI is InChI=1S/C45H81NO4/c1-4-7-10-13-16-19-22-25-28-31-35-47-42-39-41(45-46-34-38-50-45)40-43(48-36-32-29-26-23-20-17-14-11-8-5-2)44(42)49-37-33-30-27-24-21-18-15-12-9-6-3/h39-40H,4-38H2,1-3H3. The lowest BCUT2D eigenvalue weighted by atomic mass is 10.1. The third-order valence-electron chi connectivity index (χ3n) is 10.1. The van der Waals surface area contributed by atoms with Crippen molar-refractivity contribution < 1.29 is 18.9 Å². The molecule has 0 spiro atoms. The predicted octanol–water partition coefficient (Wildman–Crippen LogP) is 14.4. The minimum atomic E-state index is 0.635. The monoisotopic (exact) mass is 700 g/mol. The van der Waals surface area contributed by atoms with Crippen molar-refractivity contribution in [2.24, 2.45) is 4.99 Å². The van der Waals surface area contributed by atoms with Crippen LogP contribution in [0.5, 0.6) is 17.2 Å². The van der Waals surface area contributed by atoms with Gasteiger partial charge >= 0.3 is 0 Å². The number of hydrogen-bond acceptors (Lipinski definition) is 5. The average Bonchev–Trinajstić information content (AvgIpc) is 3.68. The Bertz CT molecular complexity index is 885. The van der Waals surface area contributed by atoms with E-state index >= 15 is 0 Å². The Labute approximate surface area is 310 Å². The molecule has 290 valence electrons. The molecule has 50 heavy (non-hydrogen) atoms. The zero-order valence-electron chi connectivity index (χ0n) is 33.5. The van der Waals surface area contributed by atoms with Crippen LogP contribution in [0.1, 0.15) is 219 Å². The highest BCUT2D eigenvalue weighted by molar-refractivity contribution is 5.96. The van der Waals surface area contributed by atoms with Crippen molar-refractivity contribution in [3.63, 3.8) is 0 Å². The molecule has 1 aromatic rings. The molecule has 0 saturated carbocycles. The van der Waals surface area contributed by atoms with E-state index in [1.807, 2.05) is 0 Å². The Balaban J connectivity index is 1.90. The van der Waals surface area contributed by atoms with Gasteiger partial charge in [-0.2, -0.15) is 0 Å². The van der Waals surface area contributed by atoms with Gasteiger partial charge in [-0.25, -0.2) is 4.99 Å². The Kier molecular flexibility index (Phi) is 29.2. The smallest absolute Gasteiger partial charge is 0.216 e. The van der Waals surface area contributed by atoms with Crippen LogP contribution < -0.4 is 14.2 Å². The Morgan fingerprint density at radius 3 is 1.08 bits per heavy atom. The molecule has 0 N–H and O–H groups in total. The zero-order chi connectivity index (χ0) is 35.6. The molecule has 2 rings (SSSR count). The SMILES string of the molecule is CCCCCCCCCCCCOc1cc(C2=NCCO2)cc(OCCCCCCCCCCCC)c1OCCCCCCCCCCCC. The summed E-state index contributed by atoms with van der Waals surface area (Å²) in [5, 5.41) is 0. The molecule has 0 bridgehead atoms. The summed E-state index contributed by atoms with van der Waals surface area (Å²) in [5.74, 6) is 3.02. The van der Waals surface area contributed by atoms with Crippen molar-refractivity contribution in [2.75, 3.05) is 33.0 Å². The molecule has 0 fully saturated rings. The van der Waals surface area contributed by atoms with E-state index < -0.39 is 0 Å². The van der Waals surface area contributed by atoms with Gasteiger partial charge < -0.3 is 18.9 Å². The van der Waals surface area contributed by atoms with Crippen LogP contribution in [0.4, 0.5) is 0 Å². The molecular weight excluding hydrogens is 618 g/mol. The van der Waals surface area contributed by atoms with Crippen LogP contribution in [-0.4, -0.2) is 38.9 Å². The molecule has 5 heteroatoms. The minimum Gasteiger partial charge on any atom is -0.490 e. The maximum atomic E-state index is 6.53. The fourth-order valence-electron chi connectivity index (χ4n) is 6.87. The van der Waals surface area contributed by atoms with Crippen LogP contribution in [0.3, 0.4) is 0 Å². The lowest BCUT2D eigenvalue weighted by Crippen LogP contribution is -2.09. The van der Waals surface area contributed by atoms with E-state index in [2.05, 4.69) is 37.9 Å². The fraction of sp³-hybridized carbons (Fsp3) is 0.844. The second-order valence-electron chi connectivity index (χ2n) is 14.9. The molecule has 1 aromatic carbocycles. The van der Waals surface area contributed by atoms with Gasteiger partial charge in [-0.1, -0.05) is 194 Å². The largest absolute Gasteiger partial charge is 0.490 e. The molecule has 0 radical (unpaired) electrons. The Morgan fingerprint density at radius 1 is 0.440 bits per heavy atom. The lowest BCUT2D eigenvalue weighted by Gasteiger charge is -2.19. The zero-order valence-corrected chi connectivity index (χ0v) is 33.5. The predicted molar refractivity (Wildman–Crippen MR) is 216 cm³/mol. The second kappa shape index (κ2) is 33.0. The third-order valence-corrected chi connectivity index (χ3v) is 10.1. The Hall–Kier alpha value is -1.91. The molecule has 0 aromatic heterocycles. The van der Waals surface area contributed by atoms with Crippen LogP contribution >= 0.6 is 0 Å². The van der Waals surface area contributed by atoms with Gasteiger partial charge in [0.1, 0.15) is 6.61 Å². The van der Waals surface area contributed by atoms with Crippen molar-refractivity contribution in [3.05, 3.63) is 17.7 Å². The third kappa shape index (κ3) is 22.8. The van der Waals surface area contributed by atoms with Gasteiger partial charge in [0, 0.05) is 5.56 Å². The highest BCUT2D eigenvalue weighted by Crippen LogP contribution is 2.40. The summed E-state index contributed by atoms with van der Waals surface area (Å²) >= 11 is 0. The first-order chi connectivity index (χ1) is 24.8. The molecule has 0 amide bonds. The molecule has 1 aliphatic rings. The first-order valence-corrected chi connectivity index (χ1v) is 22.0. The van der Waals surface area contributed by atoms with Crippen molar-refractivity contribution in [1.82, 2.24) is 0 Å². The number of hydrogen-bond donors (Lipinski definition) is 0. The molecule has 0 aliphatic carbocycles. The van der Waals surface area contributed by atoms with Crippen LogP contribution in [0.15, 0.2) is 17.1 Å². The summed E-state index contributed by atoms with van der Waals surface area (Å²) in [7, 11) is 0. The molecule has 1 aliphatic heterocycles. The Morgan fingerprint density at radius 2 is 0.760 bits per heavy atom. The van der Waals surface area contributed by atoms with E-state index in [0.717, 1.165) is 42.1 Å². The van der Waals surface area contributed by atoms with Crippen LogP contribution in [0.2, 0.25) is 0 Å². The molecular formula is C45H81NO4. The maximum absolute atomic E-state index is 6.53. The summed E-state index contributed by atoms with van der Waals surface area (Å²) in [6, 6.07) is 4.14. The van der Waals surface area contributed by atoms with Gasteiger partial charge in [0.2, 0.25) is 11.6 Å². The summed E-state index contributed by atoms with van der Waals surface area (Å²) in [6.07, 6.45) is 39.4. The van der Waals surface area contributed by atoms with Gasteiger partial charge in [-0.05, 0) is 31.4 Å². The molecule has 0 saturated heterocycles. The first-order valence-electron chi connectivity index (χ1n) is 22.0. The lowest BCUT2D eigenvalue weighted by molar-refractivity contribution is 0.234. The van der Waals surface area contributed by atoms with Gasteiger partial charge in [-0.15, -0.1) is 0 Å². The average molecular weight is 700 g/mol. The van der Waals surface area contributed by atoms with Crippen LogP contribution in [-0.2, 0) is 4.74 Å². The van der Waals surface area contributed by atoms with Gasteiger partial charge in [-0.3, -0.25) is 0 Å². The summed E-state index contributed by atoms with van der Waals surface area (Å²) in [5.41, 5.74) is 0.935. The van der Waals surface area contributed by atoms with Crippen LogP contribution in [0, 0.1) is 0 Å². The molecule has 5 nitrogen and oxygen atoms in total. The highest BCUT2D eigenvalue weighted by Gasteiger charge is 2.20. The number of benzene rings is 1. The number of aliphatic imine (C=N–C) groups is 1. The molecule has 0 unspecified atom stereocenters. The number of unbranched alkanes of at least 4 members (excludes halogenated alkanes) is 27. The molecule has 1 heterocycles. The van der Waals surface area contributed by atoms with Gasteiger partial charge in [0.05, 0.1) is 26.4 Å². The van der Waals surface area contributed by atoms with E-state index in [1.165, 1.54) is 173 Å². The summed E-state index contributed by atoms with van der Waals surface area (Å²) < 4.78 is 25.4. The van der Waals surface area contributed by atoms with E-state index in [4.69, 9.17) is 18.9 Å². The van der Waals surface area contributed by atoms with Crippen molar-refractivity contribution in [1.29, 1.82) is 0 Å². The summed E-state index contributed by atoms with van der Waals surface area (Å²) in [6.45, 7) is 10.3. The maximum Gasteiger partial charge on any atom is 0.216 e. The van der Waals surface area contributed by atoms with Gasteiger partial charge in [0.25, 0.3) is 0 Å². The van der Waals surface area contributed by atoms with E-state index in [0.29, 0.717) is 38.9 Å². The number of nitrogens with zero attached hydrogens (tertiary/aromatic N) is 1.